The van der Waals surface area contributed by atoms with Gasteiger partial charge in [-0.05, 0) is 37.2 Å². The minimum absolute atomic E-state index is 0.0518. The summed E-state index contributed by atoms with van der Waals surface area (Å²) in [5, 5.41) is 0. The van der Waals surface area contributed by atoms with Crippen molar-refractivity contribution in [3.05, 3.63) is 54.1 Å². The first-order valence-corrected chi connectivity index (χ1v) is 11.4. The van der Waals surface area contributed by atoms with Gasteiger partial charge in [0.05, 0.1) is 6.54 Å². The fourth-order valence-corrected chi connectivity index (χ4v) is 4.49. The van der Waals surface area contributed by atoms with Crippen LogP contribution in [0.15, 0.2) is 42.7 Å². The quantitative estimate of drug-likeness (QED) is 0.761. The topological polar surface area (TPSA) is 72.3 Å². The van der Waals surface area contributed by atoms with Gasteiger partial charge in [-0.25, -0.2) is 13.4 Å². The second kappa shape index (κ2) is 8.25. The van der Waals surface area contributed by atoms with Gasteiger partial charge < -0.3 is 9.47 Å². The van der Waals surface area contributed by atoms with Crippen LogP contribution >= 0.6 is 0 Å². The Morgan fingerprint density at radius 2 is 1.85 bits per heavy atom. The number of amides is 1. The highest BCUT2D eigenvalue weighted by atomic mass is 32.2. The lowest BCUT2D eigenvalue weighted by Crippen LogP contribution is -2.44. The van der Waals surface area contributed by atoms with Crippen molar-refractivity contribution in [3.63, 3.8) is 0 Å². The molecule has 0 N–H and O–H groups in total. The molecule has 7 heteroatoms. The Kier molecular flexibility index (Phi) is 5.99. The minimum Gasteiger partial charge on any atom is -0.337 e. The predicted octanol–water partition coefficient (Wildman–Crippen LogP) is 2.52. The summed E-state index contributed by atoms with van der Waals surface area (Å²) in [4.78, 5) is 18.8. The van der Waals surface area contributed by atoms with Gasteiger partial charge in [-0.3, -0.25) is 4.79 Å². The van der Waals surface area contributed by atoms with Crippen molar-refractivity contribution >= 4 is 15.7 Å². The van der Waals surface area contributed by atoms with E-state index in [2.05, 4.69) is 29.2 Å². The molecule has 0 saturated heterocycles. The highest BCUT2D eigenvalue weighted by Gasteiger charge is 2.31. The smallest absolute Gasteiger partial charge is 0.238 e. The Morgan fingerprint density at radius 3 is 2.41 bits per heavy atom. The SMILES string of the molecule is Cn1ccnc1CN(C(=O)CS(C)(=O)=O)C1CCC(c2ccccc2)CC1. The molecule has 0 bridgehead atoms. The summed E-state index contributed by atoms with van der Waals surface area (Å²) in [6.45, 7) is 0.346. The number of aryl methyl sites for hydroxylation is 1. The van der Waals surface area contributed by atoms with Crippen molar-refractivity contribution in [1.82, 2.24) is 14.5 Å². The number of aromatic nitrogens is 2. The Morgan fingerprint density at radius 1 is 1.19 bits per heavy atom. The fraction of sp³-hybridized carbons (Fsp3) is 0.500. The molecule has 0 aliphatic heterocycles. The van der Waals surface area contributed by atoms with E-state index in [9.17, 15) is 13.2 Å². The molecule has 146 valence electrons. The first-order chi connectivity index (χ1) is 12.8. The molecule has 3 rings (SSSR count). The van der Waals surface area contributed by atoms with Gasteiger partial charge in [-0.1, -0.05) is 30.3 Å². The third-order valence-electron chi connectivity index (χ3n) is 5.35. The molecule has 6 nitrogen and oxygen atoms in total. The van der Waals surface area contributed by atoms with Gasteiger partial charge in [0.1, 0.15) is 11.6 Å². The molecule has 0 unspecified atom stereocenters. The second-order valence-electron chi connectivity index (χ2n) is 7.46. The van der Waals surface area contributed by atoms with Crippen LogP contribution in [0.2, 0.25) is 0 Å². The van der Waals surface area contributed by atoms with E-state index in [0.717, 1.165) is 37.8 Å². The van der Waals surface area contributed by atoms with E-state index >= 15 is 0 Å². The number of nitrogens with zero attached hydrogens (tertiary/aromatic N) is 3. The van der Waals surface area contributed by atoms with Crippen molar-refractivity contribution in [2.24, 2.45) is 7.05 Å². The standard InChI is InChI=1S/C20H27N3O3S/c1-22-13-12-21-19(22)14-23(20(24)15-27(2,25)26)18-10-8-17(9-11-18)16-6-4-3-5-7-16/h3-7,12-13,17-18H,8-11,14-15H2,1-2H3. The first-order valence-electron chi connectivity index (χ1n) is 9.32. The van der Waals surface area contributed by atoms with Crippen LogP contribution in [0.3, 0.4) is 0 Å². The van der Waals surface area contributed by atoms with Crippen molar-refractivity contribution < 1.29 is 13.2 Å². The normalized spacial score (nSPS) is 20.4. The summed E-state index contributed by atoms with van der Waals surface area (Å²) in [5.41, 5.74) is 1.34. The molecule has 1 heterocycles. The zero-order valence-corrected chi connectivity index (χ0v) is 16.7. The molecule has 0 radical (unpaired) electrons. The lowest BCUT2D eigenvalue weighted by Gasteiger charge is -2.37. The van der Waals surface area contributed by atoms with E-state index in [-0.39, 0.29) is 11.9 Å². The second-order valence-corrected chi connectivity index (χ2v) is 9.60. The molecule has 1 aromatic carbocycles. The number of hydrogen-bond acceptors (Lipinski definition) is 4. The summed E-state index contributed by atoms with van der Waals surface area (Å²) in [6.07, 6.45) is 8.38. The highest BCUT2D eigenvalue weighted by Crippen LogP contribution is 2.35. The van der Waals surface area contributed by atoms with Crippen LogP contribution in [0.4, 0.5) is 0 Å². The van der Waals surface area contributed by atoms with Crippen LogP contribution < -0.4 is 0 Å². The number of carbonyl (C=O) groups excluding carboxylic acids is 1. The van der Waals surface area contributed by atoms with Crippen LogP contribution in [0.5, 0.6) is 0 Å². The summed E-state index contributed by atoms with van der Waals surface area (Å²) in [6, 6.07) is 10.5. The highest BCUT2D eigenvalue weighted by molar-refractivity contribution is 7.91. The van der Waals surface area contributed by atoms with Crippen LogP contribution in [0.25, 0.3) is 0 Å². The van der Waals surface area contributed by atoms with E-state index in [1.807, 2.05) is 23.9 Å². The molecule has 27 heavy (non-hydrogen) atoms. The third kappa shape index (κ3) is 5.19. The number of carbonyl (C=O) groups is 1. The maximum atomic E-state index is 12.8. The van der Waals surface area contributed by atoms with E-state index in [4.69, 9.17) is 0 Å². The van der Waals surface area contributed by atoms with Crippen LogP contribution in [-0.2, 0) is 28.2 Å². The zero-order valence-electron chi connectivity index (χ0n) is 15.9. The van der Waals surface area contributed by atoms with E-state index in [1.165, 1.54) is 5.56 Å². The molecule has 1 amide bonds. The first kappa shape index (κ1) is 19.6. The molecule has 2 aromatic rings. The van der Waals surface area contributed by atoms with Gasteiger partial charge in [-0.15, -0.1) is 0 Å². The molecule has 1 aliphatic carbocycles. The summed E-state index contributed by atoms with van der Waals surface area (Å²) < 4.78 is 25.2. The van der Waals surface area contributed by atoms with Gasteiger partial charge in [-0.2, -0.15) is 0 Å². The lowest BCUT2D eigenvalue weighted by molar-refractivity contribution is -0.132. The number of hydrogen-bond donors (Lipinski definition) is 0. The van der Waals surface area contributed by atoms with Crippen LogP contribution in [-0.4, -0.2) is 46.8 Å². The monoisotopic (exact) mass is 389 g/mol. The predicted molar refractivity (Wildman–Crippen MR) is 105 cm³/mol. The minimum atomic E-state index is -3.37. The average molecular weight is 390 g/mol. The van der Waals surface area contributed by atoms with Crippen molar-refractivity contribution in [1.29, 1.82) is 0 Å². The Bertz CT molecular complexity index is 869. The molecule has 1 aromatic heterocycles. The number of benzene rings is 1. The molecule has 0 spiro atoms. The molecule has 1 saturated carbocycles. The van der Waals surface area contributed by atoms with E-state index in [0.29, 0.717) is 12.5 Å². The van der Waals surface area contributed by atoms with Crippen LogP contribution in [0.1, 0.15) is 43.0 Å². The van der Waals surface area contributed by atoms with Gasteiger partial charge in [0.15, 0.2) is 9.84 Å². The maximum Gasteiger partial charge on any atom is 0.238 e. The summed E-state index contributed by atoms with van der Waals surface area (Å²) in [7, 11) is -1.49. The van der Waals surface area contributed by atoms with Gasteiger partial charge in [0.25, 0.3) is 0 Å². The fourth-order valence-electron chi connectivity index (χ4n) is 3.88. The van der Waals surface area contributed by atoms with E-state index < -0.39 is 15.6 Å². The summed E-state index contributed by atoms with van der Waals surface area (Å²) >= 11 is 0. The maximum absolute atomic E-state index is 12.8. The molecular formula is C20H27N3O3S. The van der Waals surface area contributed by atoms with Gasteiger partial charge in [0.2, 0.25) is 5.91 Å². The molecule has 0 atom stereocenters. The Hall–Kier alpha value is -2.15. The van der Waals surface area contributed by atoms with Crippen molar-refractivity contribution in [3.8, 4) is 0 Å². The molecule has 1 fully saturated rings. The van der Waals surface area contributed by atoms with Crippen LogP contribution in [0, 0.1) is 0 Å². The largest absolute Gasteiger partial charge is 0.337 e. The zero-order chi connectivity index (χ0) is 19.4. The Balaban J connectivity index is 1.73. The molecule has 1 aliphatic rings. The number of sulfone groups is 1. The van der Waals surface area contributed by atoms with Crippen molar-refractivity contribution in [2.75, 3.05) is 12.0 Å². The lowest BCUT2D eigenvalue weighted by atomic mass is 9.81. The van der Waals surface area contributed by atoms with Gasteiger partial charge in [0, 0.05) is 31.7 Å². The van der Waals surface area contributed by atoms with Crippen molar-refractivity contribution in [2.45, 2.75) is 44.2 Å². The third-order valence-corrected chi connectivity index (χ3v) is 6.12. The number of imidazole rings is 1. The summed E-state index contributed by atoms with van der Waals surface area (Å²) in [5.74, 6) is 0.490. The van der Waals surface area contributed by atoms with E-state index in [1.54, 1.807) is 11.1 Å². The average Bonchev–Trinajstić information content (AvgIpc) is 3.04. The Labute approximate surface area is 161 Å². The number of rotatable bonds is 6. The molecular weight excluding hydrogens is 362 g/mol. The van der Waals surface area contributed by atoms with Gasteiger partial charge >= 0.3 is 0 Å².